The Kier molecular flexibility index (Phi) is 5.49. The minimum atomic E-state index is -3.23. The fraction of sp³-hybridized carbons (Fsp3) is 1.00. The van der Waals surface area contributed by atoms with Crippen molar-refractivity contribution in [1.29, 1.82) is 0 Å². The van der Waals surface area contributed by atoms with Crippen LogP contribution in [-0.2, 0) is 13.6 Å². The van der Waals surface area contributed by atoms with Gasteiger partial charge >= 0.3 is 7.75 Å². The molecule has 0 aromatic rings. The lowest BCUT2D eigenvalue weighted by Crippen LogP contribution is -2.07. The Morgan fingerprint density at radius 1 is 1.36 bits per heavy atom. The maximum atomic E-state index is 11.4. The lowest BCUT2D eigenvalue weighted by molar-refractivity contribution is 0.249. The second-order valence-corrected chi connectivity index (χ2v) is 7.59. The molecule has 0 radical (unpaired) electrons. The van der Waals surface area contributed by atoms with Gasteiger partial charge in [-0.1, -0.05) is 22.5 Å². The molecule has 0 amide bonds. The summed E-state index contributed by atoms with van der Waals surface area (Å²) in [6, 6.07) is 0. The molecule has 11 heavy (non-hydrogen) atoms. The Bertz CT molecular complexity index is 159. The van der Waals surface area contributed by atoms with Crippen LogP contribution in [0.15, 0.2) is 0 Å². The minimum absolute atomic E-state index is 1.17. The van der Waals surface area contributed by atoms with Crippen molar-refractivity contribution in [3.63, 3.8) is 0 Å². The van der Waals surface area contributed by atoms with Crippen molar-refractivity contribution in [2.24, 2.45) is 0 Å². The predicted octanol–water partition coefficient (Wildman–Crippen LogP) is 3.02. The summed E-state index contributed by atoms with van der Waals surface area (Å²) in [6.07, 6.45) is 0. The normalized spacial score (nSPS) is 13.0. The molecule has 0 N–H and O–H groups in total. The SMILES string of the molecule is COP(=O)(OC)N(C)P(Cl)Cl. The topological polar surface area (TPSA) is 38.8 Å². The molecule has 0 bridgehead atoms. The van der Waals surface area contributed by atoms with Crippen LogP contribution in [-0.4, -0.2) is 25.7 Å². The molecule has 0 aromatic heterocycles. The number of hydrogen-bond donors (Lipinski definition) is 0. The molecule has 8 heteroatoms. The number of nitrogens with zero attached hydrogens (tertiary/aromatic N) is 1. The van der Waals surface area contributed by atoms with E-state index < -0.39 is 14.5 Å². The van der Waals surface area contributed by atoms with Crippen molar-refractivity contribution in [2.45, 2.75) is 0 Å². The molecule has 0 spiro atoms. The average molecular weight is 240 g/mol. The summed E-state index contributed by atoms with van der Waals surface area (Å²) in [7, 11) is 0.784. The molecule has 0 atom stereocenters. The number of rotatable bonds is 4. The van der Waals surface area contributed by atoms with Gasteiger partial charge < -0.3 is 0 Å². The average Bonchev–Trinajstić information content (AvgIpc) is 2.01. The van der Waals surface area contributed by atoms with Crippen LogP contribution in [0.4, 0.5) is 0 Å². The molecule has 68 valence electrons. The summed E-state index contributed by atoms with van der Waals surface area (Å²) in [5.74, 6) is 0. The first-order chi connectivity index (χ1) is 4.98. The van der Waals surface area contributed by atoms with Crippen molar-refractivity contribution in [3.05, 3.63) is 0 Å². The summed E-state index contributed by atoms with van der Waals surface area (Å²) >= 11 is 11.0. The Balaban J connectivity index is 4.38. The molecule has 0 aliphatic rings. The summed E-state index contributed by atoms with van der Waals surface area (Å²) in [4.78, 5) is 0. The van der Waals surface area contributed by atoms with Gasteiger partial charge in [0.25, 0.3) is 0 Å². The van der Waals surface area contributed by atoms with Gasteiger partial charge in [-0.3, -0.25) is 9.05 Å². The van der Waals surface area contributed by atoms with Crippen LogP contribution < -0.4 is 0 Å². The van der Waals surface area contributed by atoms with E-state index in [0.29, 0.717) is 0 Å². The predicted molar refractivity (Wildman–Crippen MR) is 48.0 cm³/mol. The molecule has 0 saturated heterocycles. The van der Waals surface area contributed by atoms with Gasteiger partial charge in [-0.25, -0.2) is 4.57 Å². The van der Waals surface area contributed by atoms with Crippen LogP contribution in [0.5, 0.6) is 0 Å². The lowest BCUT2D eigenvalue weighted by atomic mass is 11.6. The molecule has 0 unspecified atom stereocenters. The van der Waals surface area contributed by atoms with Gasteiger partial charge in [0.15, 0.2) is 6.78 Å². The molecule has 0 aromatic carbocycles. The summed E-state index contributed by atoms with van der Waals surface area (Å²) < 4.78 is 21.8. The highest BCUT2D eigenvalue weighted by molar-refractivity contribution is 8.05. The largest absolute Gasteiger partial charge is 0.412 e. The monoisotopic (exact) mass is 239 g/mol. The summed E-state index contributed by atoms with van der Waals surface area (Å²) in [5, 5.41) is 0. The molecular weight excluding hydrogens is 231 g/mol. The van der Waals surface area contributed by atoms with Crippen LogP contribution in [0.3, 0.4) is 0 Å². The Labute approximate surface area is 76.7 Å². The van der Waals surface area contributed by atoms with Gasteiger partial charge in [-0.05, 0) is 0 Å². The van der Waals surface area contributed by atoms with E-state index in [0.717, 1.165) is 0 Å². The third kappa shape index (κ3) is 3.16. The zero-order chi connectivity index (χ0) is 9.07. The van der Waals surface area contributed by atoms with Gasteiger partial charge in [-0.2, -0.15) is 4.44 Å². The first-order valence-corrected chi connectivity index (χ1v) is 7.15. The molecule has 0 aliphatic carbocycles. The Morgan fingerprint density at radius 3 is 1.82 bits per heavy atom. The van der Waals surface area contributed by atoms with Gasteiger partial charge in [-0.15, -0.1) is 0 Å². The lowest BCUT2D eigenvalue weighted by Gasteiger charge is -2.23. The number of halogens is 2. The molecule has 0 aliphatic heterocycles. The minimum Gasteiger partial charge on any atom is -0.300 e. The second-order valence-electron chi connectivity index (χ2n) is 1.54. The van der Waals surface area contributed by atoms with Gasteiger partial charge in [0.1, 0.15) is 0 Å². The van der Waals surface area contributed by atoms with Crippen LogP contribution in [0.2, 0.25) is 0 Å². The van der Waals surface area contributed by atoms with Crippen molar-refractivity contribution >= 4 is 37.0 Å². The van der Waals surface area contributed by atoms with Crippen LogP contribution in [0.1, 0.15) is 0 Å². The Morgan fingerprint density at radius 2 is 1.73 bits per heavy atom. The van der Waals surface area contributed by atoms with Crippen LogP contribution >= 0.6 is 37.0 Å². The van der Waals surface area contributed by atoms with E-state index in [4.69, 9.17) is 22.5 Å². The van der Waals surface area contributed by atoms with Crippen molar-refractivity contribution in [3.8, 4) is 0 Å². The molecule has 0 fully saturated rings. The van der Waals surface area contributed by atoms with Gasteiger partial charge in [0.2, 0.25) is 0 Å². The zero-order valence-electron chi connectivity index (χ0n) is 6.32. The number of hydrogen-bond acceptors (Lipinski definition) is 3. The second kappa shape index (κ2) is 4.98. The van der Waals surface area contributed by atoms with Crippen molar-refractivity contribution in [2.75, 3.05) is 21.3 Å². The molecule has 0 rings (SSSR count). The fourth-order valence-corrected chi connectivity index (χ4v) is 3.61. The fourth-order valence-electron chi connectivity index (χ4n) is 0.394. The van der Waals surface area contributed by atoms with E-state index in [-0.39, 0.29) is 0 Å². The van der Waals surface area contributed by atoms with Gasteiger partial charge in [0.05, 0.1) is 0 Å². The molecule has 4 nitrogen and oxygen atoms in total. The Hall–Kier alpha value is 1.12. The maximum Gasteiger partial charge on any atom is 0.412 e. The van der Waals surface area contributed by atoms with E-state index in [9.17, 15) is 4.57 Å². The third-order valence-corrected chi connectivity index (χ3v) is 6.29. The molecular formula is C3H9Cl2NO3P2. The van der Waals surface area contributed by atoms with Crippen molar-refractivity contribution < 1.29 is 13.6 Å². The zero-order valence-corrected chi connectivity index (χ0v) is 9.62. The highest BCUT2D eigenvalue weighted by Gasteiger charge is 2.32. The van der Waals surface area contributed by atoms with Gasteiger partial charge in [0, 0.05) is 21.3 Å². The summed E-state index contributed by atoms with van der Waals surface area (Å²) in [6.45, 7) is -1.50. The van der Waals surface area contributed by atoms with E-state index in [2.05, 4.69) is 9.05 Å². The van der Waals surface area contributed by atoms with Crippen LogP contribution in [0, 0.1) is 0 Å². The van der Waals surface area contributed by atoms with Crippen LogP contribution in [0.25, 0.3) is 0 Å². The van der Waals surface area contributed by atoms with E-state index in [1.54, 1.807) is 0 Å². The highest BCUT2D eigenvalue weighted by Crippen LogP contribution is 2.65. The van der Waals surface area contributed by atoms with E-state index in [1.807, 2.05) is 0 Å². The smallest absolute Gasteiger partial charge is 0.300 e. The third-order valence-electron chi connectivity index (χ3n) is 1.03. The first kappa shape index (κ1) is 12.1. The standard InChI is InChI=1S/C3H9Cl2NO3P2/c1-6(10(4)5)11(7,8-2)9-3/h1-3H3. The summed E-state index contributed by atoms with van der Waals surface area (Å²) in [5.41, 5.74) is 0. The van der Waals surface area contributed by atoms with Crippen molar-refractivity contribution in [1.82, 2.24) is 4.44 Å². The quantitative estimate of drug-likeness (QED) is 0.708. The first-order valence-electron chi connectivity index (χ1n) is 2.55. The highest BCUT2D eigenvalue weighted by atomic mass is 35.9. The van der Waals surface area contributed by atoms with E-state index in [1.165, 1.54) is 25.7 Å². The molecule has 0 heterocycles. The maximum absolute atomic E-state index is 11.4. The molecule has 0 saturated carbocycles. The van der Waals surface area contributed by atoms with E-state index >= 15 is 0 Å².